The zero-order valence-corrected chi connectivity index (χ0v) is 19.4. The Morgan fingerprint density at radius 3 is 2.44 bits per heavy atom. The van der Waals surface area contributed by atoms with Gasteiger partial charge in [0.15, 0.2) is 9.84 Å². The molecule has 2 amide bonds. The molecule has 0 atom stereocenters. The second-order valence-corrected chi connectivity index (χ2v) is 9.82. The summed E-state index contributed by atoms with van der Waals surface area (Å²) < 4.78 is 25.2. The van der Waals surface area contributed by atoms with E-state index in [0.29, 0.717) is 17.9 Å². The number of rotatable bonds is 7. The number of hydrogen-bond donors (Lipinski definition) is 2. The highest BCUT2D eigenvalue weighted by atomic mass is 35.5. The second-order valence-electron chi connectivity index (χ2n) is 7.40. The van der Waals surface area contributed by atoms with Crippen molar-refractivity contribution >= 4 is 44.6 Å². The minimum absolute atomic E-state index is 0.0507. The van der Waals surface area contributed by atoms with E-state index in [4.69, 9.17) is 11.6 Å². The first-order valence-corrected chi connectivity index (χ1v) is 12.0. The lowest BCUT2D eigenvalue weighted by Gasteiger charge is -2.11. The summed E-state index contributed by atoms with van der Waals surface area (Å²) in [7, 11) is -3.43. The Balaban J connectivity index is 1.63. The van der Waals surface area contributed by atoms with Crippen LogP contribution in [0, 0.1) is 13.8 Å². The Morgan fingerprint density at radius 1 is 1.06 bits per heavy atom. The van der Waals surface area contributed by atoms with E-state index in [-0.39, 0.29) is 27.8 Å². The van der Waals surface area contributed by atoms with Gasteiger partial charge in [-0.3, -0.25) is 14.3 Å². The Bertz CT molecular complexity index is 1280. The fourth-order valence-electron chi connectivity index (χ4n) is 3.09. The molecule has 8 nitrogen and oxygen atoms in total. The van der Waals surface area contributed by atoms with Crippen molar-refractivity contribution in [2.75, 3.05) is 16.9 Å². The molecule has 10 heteroatoms. The number of benzene rings is 2. The maximum absolute atomic E-state index is 12.5. The average Bonchev–Trinajstić information content (AvgIpc) is 3.05. The molecule has 1 aromatic heterocycles. The Hall–Kier alpha value is -3.17. The maximum atomic E-state index is 12.5. The number of nitrogens with zero attached hydrogens (tertiary/aromatic N) is 2. The van der Waals surface area contributed by atoms with Crippen LogP contribution in [-0.4, -0.2) is 36.3 Å². The second kappa shape index (κ2) is 9.54. The third-order valence-electron chi connectivity index (χ3n) is 4.68. The van der Waals surface area contributed by atoms with Gasteiger partial charge in [-0.15, -0.1) is 0 Å². The average molecular weight is 475 g/mol. The van der Waals surface area contributed by atoms with Gasteiger partial charge in [0.05, 0.1) is 21.3 Å². The van der Waals surface area contributed by atoms with Gasteiger partial charge in [-0.25, -0.2) is 8.42 Å². The molecule has 0 bridgehead atoms. The van der Waals surface area contributed by atoms with Crippen LogP contribution in [0.3, 0.4) is 0 Å². The number of carbonyl (C=O) groups excluding carboxylic acids is 2. The van der Waals surface area contributed by atoms with Gasteiger partial charge in [-0.1, -0.05) is 17.7 Å². The number of aromatic nitrogens is 2. The number of halogens is 1. The van der Waals surface area contributed by atoms with Crippen LogP contribution in [0.4, 0.5) is 11.4 Å². The van der Waals surface area contributed by atoms with Gasteiger partial charge < -0.3 is 10.6 Å². The molecule has 0 aliphatic carbocycles. The smallest absolute Gasteiger partial charge is 0.255 e. The molecule has 1 heterocycles. The van der Waals surface area contributed by atoms with Crippen molar-refractivity contribution in [3.05, 3.63) is 70.5 Å². The molecule has 32 heavy (non-hydrogen) atoms. The normalized spacial score (nSPS) is 11.2. The van der Waals surface area contributed by atoms with Crippen LogP contribution < -0.4 is 10.6 Å². The summed E-state index contributed by atoms with van der Waals surface area (Å²) in [6.45, 7) is 4.29. The lowest BCUT2D eigenvalue weighted by molar-refractivity contribution is -0.116. The predicted octanol–water partition coefficient (Wildman–Crippen LogP) is 3.84. The van der Waals surface area contributed by atoms with Gasteiger partial charge in [0, 0.05) is 36.2 Å². The standard InChI is InChI=1S/C22H23ClN4O4S/c1-14-11-15(2)27(26-14)10-9-21(28)24-17-7-8-20(19(23)13-17)25-22(29)16-5-4-6-18(12-16)32(3,30)31/h4-8,11-13H,9-10H2,1-3H3,(H,24,28)(H,25,29). The van der Waals surface area contributed by atoms with Gasteiger partial charge in [0.2, 0.25) is 5.91 Å². The molecule has 0 aliphatic rings. The number of anilines is 2. The molecular weight excluding hydrogens is 452 g/mol. The van der Waals surface area contributed by atoms with Crippen molar-refractivity contribution in [2.24, 2.45) is 0 Å². The summed E-state index contributed by atoms with van der Waals surface area (Å²) in [5, 5.41) is 9.98. The number of aryl methyl sites for hydroxylation is 3. The molecule has 3 aromatic rings. The minimum Gasteiger partial charge on any atom is -0.326 e. The van der Waals surface area contributed by atoms with E-state index in [0.717, 1.165) is 17.6 Å². The van der Waals surface area contributed by atoms with E-state index in [1.165, 1.54) is 30.3 Å². The fraction of sp³-hybridized carbons (Fsp3) is 0.227. The summed E-state index contributed by atoms with van der Waals surface area (Å²) in [5.74, 6) is -0.693. The van der Waals surface area contributed by atoms with Crippen molar-refractivity contribution in [1.29, 1.82) is 0 Å². The van der Waals surface area contributed by atoms with E-state index in [1.807, 2.05) is 19.9 Å². The quantitative estimate of drug-likeness (QED) is 0.540. The van der Waals surface area contributed by atoms with Crippen LogP contribution in [0.2, 0.25) is 5.02 Å². The molecule has 0 spiro atoms. The fourth-order valence-corrected chi connectivity index (χ4v) is 3.98. The summed E-state index contributed by atoms with van der Waals surface area (Å²) in [6, 6.07) is 12.4. The molecule has 168 valence electrons. The number of nitrogens with one attached hydrogen (secondary N) is 2. The lowest BCUT2D eigenvalue weighted by atomic mass is 10.2. The zero-order chi connectivity index (χ0) is 23.5. The van der Waals surface area contributed by atoms with Crippen LogP contribution in [0.5, 0.6) is 0 Å². The first-order chi connectivity index (χ1) is 15.0. The monoisotopic (exact) mass is 474 g/mol. The third-order valence-corrected chi connectivity index (χ3v) is 6.10. The number of hydrogen-bond acceptors (Lipinski definition) is 5. The zero-order valence-electron chi connectivity index (χ0n) is 17.8. The molecule has 2 N–H and O–H groups in total. The van der Waals surface area contributed by atoms with Gasteiger partial charge >= 0.3 is 0 Å². The van der Waals surface area contributed by atoms with Gasteiger partial charge in [0.1, 0.15) is 0 Å². The maximum Gasteiger partial charge on any atom is 0.255 e. The highest BCUT2D eigenvalue weighted by Crippen LogP contribution is 2.26. The number of amides is 2. The molecule has 0 fully saturated rings. The molecule has 0 saturated heterocycles. The predicted molar refractivity (Wildman–Crippen MR) is 124 cm³/mol. The van der Waals surface area contributed by atoms with E-state index in [9.17, 15) is 18.0 Å². The van der Waals surface area contributed by atoms with Gasteiger partial charge in [0.25, 0.3) is 5.91 Å². The van der Waals surface area contributed by atoms with Gasteiger partial charge in [-0.2, -0.15) is 5.10 Å². The van der Waals surface area contributed by atoms with Gasteiger partial charge in [-0.05, 0) is 56.3 Å². The molecular formula is C22H23ClN4O4S. The van der Waals surface area contributed by atoms with Crippen molar-refractivity contribution in [3.8, 4) is 0 Å². The van der Waals surface area contributed by atoms with Crippen molar-refractivity contribution in [1.82, 2.24) is 9.78 Å². The largest absolute Gasteiger partial charge is 0.326 e. The molecule has 2 aromatic carbocycles. The van der Waals surface area contributed by atoms with E-state index < -0.39 is 15.7 Å². The van der Waals surface area contributed by atoms with Crippen LogP contribution in [0.25, 0.3) is 0 Å². The van der Waals surface area contributed by atoms with E-state index in [1.54, 1.807) is 16.8 Å². The molecule has 0 radical (unpaired) electrons. The summed E-state index contributed by atoms with van der Waals surface area (Å²) in [6.07, 6.45) is 1.32. The topological polar surface area (TPSA) is 110 Å². The van der Waals surface area contributed by atoms with Crippen LogP contribution in [0.1, 0.15) is 28.2 Å². The van der Waals surface area contributed by atoms with Crippen molar-refractivity contribution < 1.29 is 18.0 Å². The van der Waals surface area contributed by atoms with Crippen LogP contribution >= 0.6 is 11.6 Å². The van der Waals surface area contributed by atoms with Crippen molar-refractivity contribution in [3.63, 3.8) is 0 Å². The first-order valence-electron chi connectivity index (χ1n) is 9.75. The lowest BCUT2D eigenvalue weighted by Crippen LogP contribution is -2.16. The summed E-state index contributed by atoms with van der Waals surface area (Å²) in [4.78, 5) is 24.8. The third kappa shape index (κ3) is 5.95. The number of sulfone groups is 1. The van der Waals surface area contributed by atoms with Crippen molar-refractivity contribution in [2.45, 2.75) is 31.7 Å². The Morgan fingerprint density at radius 2 is 1.81 bits per heavy atom. The number of carbonyl (C=O) groups is 2. The summed E-state index contributed by atoms with van der Waals surface area (Å²) in [5.41, 5.74) is 2.90. The molecule has 0 saturated carbocycles. The first kappa shape index (κ1) is 23.5. The molecule has 0 unspecified atom stereocenters. The van der Waals surface area contributed by atoms with Crippen LogP contribution in [0.15, 0.2) is 53.4 Å². The molecule has 0 aliphatic heterocycles. The Labute approximate surface area is 191 Å². The Kier molecular flexibility index (Phi) is 7.00. The highest BCUT2D eigenvalue weighted by molar-refractivity contribution is 7.90. The van der Waals surface area contributed by atoms with E-state index >= 15 is 0 Å². The SMILES string of the molecule is Cc1cc(C)n(CCC(=O)Nc2ccc(NC(=O)c3cccc(S(C)(=O)=O)c3)c(Cl)c2)n1. The minimum atomic E-state index is -3.43. The van der Waals surface area contributed by atoms with E-state index in [2.05, 4.69) is 15.7 Å². The highest BCUT2D eigenvalue weighted by Gasteiger charge is 2.14. The summed E-state index contributed by atoms with van der Waals surface area (Å²) >= 11 is 6.27. The molecule has 3 rings (SSSR count). The van der Waals surface area contributed by atoms with Crippen LogP contribution in [-0.2, 0) is 21.2 Å².